The third kappa shape index (κ3) is 4.65. The molecule has 0 spiro atoms. The Morgan fingerprint density at radius 3 is 2.62 bits per heavy atom. The van der Waals surface area contributed by atoms with Crippen molar-refractivity contribution >= 4 is 17.5 Å². The molecule has 1 aliphatic heterocycles. The number of carbonyl (C=O) groups is 1. The number of amides is 1. The molecule has 0 unspecified atom stereocenters. The van der Waals surface area contributed by atoms with Crippen LogP contribution >= 0.6 is 11.6 Å². The topological polar surface area (TPSA) is 58.4 Å². The molecule has 3 rings (SSSR count). The van der Waals surface area contributed by atoms with Gasteiger partial charge in [-0.2, -0.15) is 0 Å². The number of halogens is 1. The molecule has 6 heteroatoms. The Morgan fingerprint density at radius 2 is 2.00 bits per heavy atom. The Balaban J connectivity index is 1.42. The van der Waals surface area contributed by atoms with E-state index in [-0.39, 0.29) is 11.8 Å². The third-order valence-electron chi connectivity index (χ3n) is 5.23. The van der Waals surface area contributed by atoms with Crippen molar-refractivity contribution in [2.24, 2.45) is 13.0 Å². The number of likely N-dealkylation sites (tertiary alicyclic amines) is 1. The predicted molar refractivity (Wildman–Crippen MR) is 102 cm³/mol. The van der Waals surface area contributed by atoms with Gasteiger partial charge in [-0.25, -0.2) is 4.98 Å². The molecule has 0 radical (unpaired) electrons. The number of carbonyl (C=O) groups excluding carboxylic acids is 1. The lowest BCUT2D eigenvalue weighted by Gasteiger charge is -2.34. The Bertz CT molecular complexity index is 721. The Labute approximate surface area is 159 Å². The van der Waals surface area contributed by atoms with Crippen molar-refractivity contribution in [3.05, 3.63) is 53.1 Å². The zero-order valence-corrected chi connectivity index (χ0v) is 15.9. The summed E-state index contributed by atoms with van der Waals surface area (Å²) in [5.74, 6) is 1.08. The average Bonchev–Trinajstić information content (AvgIpc) is 3.09. The number of aliphatic hydroxyl groups excluding tert-OH is 1. The molecule has 2 heterocycles. The first-order chi connectivity index (χ1) is 12.5. The van der Waals surface area contributed by atoms with Crippen molar-refractivity contribution < 1.29 is 9.90 Å². The normalized spacial score (nSPS) is 16.7. The van der Waals surface area contributed by atoms with E-state index in [1.165, 1.54) is 5.56 Å². The fourth-order valence-corrected chi connectivity index (χ4v) is 3.72. The standard InChI is InChI=1S/C20H26ClN3O2/c1-23-14-11-22-20(23)19(26)16-9-12-24(13-10-16)18(25)4-2-3-15-5-7-17(21)8-6-15/h5-8,11,14,16,19,26H,2-4,9-10,12-13H2,1H3/t19-/m0/s1. The van der Waals surface area contributed by atoms with E-state index in [4.69, 9.17) is 11.6 Å². The summed E-state index contributed by atoms with van der Waals surface area (Å²) in [5.41, 5.74) is 1.21. The smallest absolute Gasteiger partial charge is 0.222 e. The molecular formula is C20H26ClN3O2. The van der Waals surface area contributed by atoms with Crippen LogP contribution in [0.15, 0.2) is 36.7 Å². The summed E-state index contributed by atoms with van der Waals surface area (Å²) in [6.45, 7) is 1.43. The van der Waals surface area contributed by atoms with Crippen LogP contribution in [-0.4, -0.2) is 38.6 Å². The lowest BCUT2D eigenvalue weighted by molar-refractivity contribution is -0.133. The van der Waals surface area contributed by atoms with Gasteiger partial charge in [-0.1, -0.05) is 23.7 Å². The van der Waals surface area contributed by atoms with E-state index in [1.807, 2.05) is 47.0 Å². The van der Waals surface area contributed by atoms with Crippen molar-refractivity contribution in [2.75, 3.05) is 13.1 Å². The van der Waals surface area contributed by atoms with E-state index in [2.05, 4.69) is 4.98 Å². The first kappa shape index (κ1) is 18.9. The molecule has 1 saturated heterocycles. The fourth-order valence-electron chi connectivity index (χ4n) is 3.59. The zero-order chi connectivity index (χ0) is 18.5. The largest absolute Gasteiger partial charge is 0.385 e. The first-order valence-corrected chi connectivity index (χ1v) is 9.60. The van der Waals surface area contributed by atoms with Gasteiger partial charge in [0.05, 0.1) is 0 Å². The second-order valence-corrected chi connectivity index (χ2v) is 7.48. The summed E-state index contributed by atoms with van der Waals surface area (Å²) in [7, 11) is 1.89. The maximum Gasteiger partial charge on any atom is 0.222 e. The highest BCUT2D eigenvalue weighted by Gasteiger charge is 2.29. The second kappa shape index (κ2) is 8.69. The first-order valence-electron chi connectivity index (χ1n) is 9.22. The molecule has 1 fully saturated rings. The van der Waals surface area contributed by atoms with Gasteiger partial charge in [0, 0.05) is 44.0 Å². The van der Waals surface area contributed by atoms with E-state index in [0.29, 0.717) is 25.3 Å². The highest BCUT2D eigenvalue weighted by Crippen LogP contribution is 2.30. The predicted octanol–water partition coefficient (Wildman–Crippen LogP) is 3.37. The van der Waals surface area contributed by atoms with Gasteiger partial charge in [-0.05, 0) is 49.3 Å². The van der Waals surface area contributed by atoms with Crippen LogP contribution in [0.3, 0.4) is 0 Å². The highest BCUT2D eigenvalue weighted by molar-refractivity contribution is 6.30. The van der Waals surface area contributed by atoms with Gasteiger partial charge in [-0.15, -0.1) is 0 Å². The van der Waals surface area contributed by atoms with E-state index in [9.17, 15) is 9.90 Å². The summed E-state index contributed by atoms with van der Waals surface area (Å²) in [6.07, 6.45) is 6.92. The molecular weight excluding hydrogens is 350 g/mol. The molecule has 0 aliphatic carbocycles. The third-order valence-corrected chi connectivity index (χ3v) is 5.48. The van der Waals surface area contributed by atoms with Crippen LogP contribution in [0.2, 0.25) is 5.02 Å². The van der Waals surface area contributed by atoms with Crippen molar-refractivity contribution in [2.45, 2.75) is 38.2 Å². The minimum absolute atomic E-state index is 0.161. The van der Waals surface area contributed by atoms with Crippen molar-refractivity contribution in [1.29, 1.82) is 0 Å². The molecule has 1 N–H and O–H groups in total. The Kier molecular flexibility index (Phi) is 6.33. The van der Waals surface area contributed by atoms with E-state index in [1.54, 1.807) is 6.20 Å². The minimum Gasteiger partial charge on any atom is -0.385 e. The quantitative estimate of drug-likeness (QED) is 0.842. The number of aromatic nitrogens is 2. The molecule has 1 amide bonds. The lowest BCUT2D eigenvalue weighted by Crippen LogP contribution is -2.40. The molecule has 5 nitrogen and oxygen atoms in total. The van der Waals surface area contributed by atoms with Gasteiger partial charge < -0.3 is 14.6 Å². The van der Waals surface area contributed by atoms with Crippen molar-refractivity contribution in [3.8, 4) is 0 Å². The van der Waals surface area contributed by atoms with Gasteiger partial charge in [-0.3, -0.25) is 4.79 Å². The Morgan fingerprint density at radius 1 is 1.31 bits per heavy atom. The second-order valence-electron chi connectivity index (χ2n) is 7.04. The zero-order valence-electron chi connectivity index (χ0n) is 15.1. The molecule has 140 valence electrons. The minimum atomic E-state index is -0.558. The van der Waals surface area contributed by atoms with E-state index >= 15 is 0 Å². The van der Waals surface area contributed by atoms with Crippen molar-refractivity contribution in [3.63, 3.8) is 0 Å². The van der Waals surface area contributed by atoms with E-state index in [0.717, 1.165) is 30.7 Å². The van der Waals surface area contributed by atoms with Gasteiger partial charge in [0.2, 0.25) is 5.91 Å². The maximum absolute atomic E-state index is 12.4. The number of nitrogens with zero attached hydrogens (tertiary/aromatic N) is 3. The number of rotatable bonds is 6. The Hall–Kier alpha value is -1.85. The van der Waals surface area contributed by atoms with Crippen LogP contribution in [-0.2, 0) is 18.3 Å². The average molecular weight is 376 g/mol. The van der Waals surface area contributed by atoms with E-state index < -0.39 is 6.10 Å². The highest BCUT2D eigenvalue weighted by atomic mass is 35.5. The maximum atomic E-state index is 12.4. The number of aryl methyl sites for hydroxylation is 2. The van der Waals surface area contributed by atoms with Crippen LogP contribution in [0.4, 0.5) is 0 Å². The lowest BCUT2D eigenvalue weighted by atomic mass is 9.90. The SMILES string of the molecule is Cn1ccnc1[C@@H](O)C1CCN(C(=O)CCCc2ccc(Cl)cc2)CC1. The molecule has 2 aromatic rings. The van der Waals surface area contributed by atoms with Gasteiger partial charge in [0.25, 0.3) is 0 Å². The fraction of sp³-hybridized carbons (Fsp3) is 0.500. The number of hydrogen-bond donors (Lipinski definition) is 1. The molecule has 26 heavy (non-hydrogen) atoms. The van der Waals surface area contributed by atoms with Crippen LogP contribution in [0.5, 0.6) is 0 Å². The molecule has 1 aromatic heterocycles. The van der Waals surface area contributed by atoms with Gasteiger partial charge in [0.1, 0.15) is 11.9 Å². The van der Waals surface area contributed by atoms with Gasteiger partial charge >= 0.3 is 0 Å². The molecule has 0 saturated carbocycles. The number of imidazole rings is 1. The molecule has 1 aromatic carbocycles. The number of hydrogen-bond acceptors (Lipinski definition) is 3. The van der Waals surface area contributed by atoms with Crippen LogP contribution in [0, 0.1) is 5.92 Å². The van der Waals surface area contributed by atoms with Crippen molar-refractivity contribution in [1.82, 2.24) is 14.5 Å². The van der Waals surface area contributed by atoms with Crippen LogP contribution < -0.4 is 0 Å². The van der Waals surface area contributed by atoms with Gasteiger partial charge in [0.15, 0.2) is 0 Å². The van der Waals surface area contributed by atoms with Crippen LogP contribution in [0.1, 0.15) is 43.2 Å². The number of aliphatic hydroxyl groups is 1. The van der Waals surface area contributed by atoms with Crippen LogP contribution in [0.25, 0.3) is 0 Å². The summed E-state index contributed by atoms with van der Waals surface area (Å²) in [4.78, 5) is 18.6. The molecule has 0 bridgehead atoms. The summed E-state index contributed by atoms with van der Waals surface area (Å²) >= 11 is 5.89. The summed E-state index contributed by atoms with van der Waals surface area (Å²) in [6, 6.07) is 7.79. The summed E-state index contributed by atoms with van der Waals surface area (Å²) in [5, 5.41) is 11.3. The monoisotopic (exact) mass is 375 g/mol. The summed E-state index contributed by atoms with van der Waals surface area (Å²) < 4.78 is 1.86. The molecule has 1 atom stereocenters. The number of piperidine rings is 1. The number of benzene rings is 1. The molecule has 1 aliphatic rings.